The zero-order valence-electron chi connectivity index (χ0n) is 18.4. The van der Waals surface area contributed by atoms with Crippen molar-refractivity contribution in [3.8, 4) is 0 Å². The van der Waals surface area contributed by atoms with Crippen LogP contribution in [0.2, 0.25) is 10.0 Å². The minimum Gasteiger partial charge on any atom is -0.351 e. The molecular weight excluding hydrogens is 475 g/mol. The summed E-state index contributed by atoms with van der Waals surface area (Å²) in [4.78, 5) is 38.0. The maximum Gasteiger partial charge on any atom is 0.255 e. The number of piperazine rings is 1. The van der Waals surface area contributed by atoms with Crippen LogP contribution in [-0.2, 0) is 0 Å². The number of carbonyl (C=O) groups is 2. The van der Waals surface area contributed by atoms with Crippen molar-refractivity contribution in [1.82, 2.24) is 20.2 Å². The SMILES string of the molecule is O=C(NCCN1CCN(c2ncccn2)CC1)c1ccc(NC(=O)c2cc(Cl)cc(Cl)c2)cc1. The fraction of sp³-hybridized carbons (Fsp3) is 0.250. The number of aromatic nitrogens is 2. The summed E-state index contributed by atoms with van der Waals surface area (Å²) in [6, 6.07) is 13.2. The third-order valence-corrected chi connectivity index (χ3v) is 5.89. The maximum absolute atomic E-state index is 12.5. The van der Waals surface area contributed by atoms with Gasteiger partial charge in [0.1, 0.15) is 0 Å². The third kappa shape index (κ3) is 6.44. The first-order valence-corrected chi connectivity index (χ1v) is 11.6. The van der Waals surface area contributed by atoms with Gasteiger partial charge in [0.15, 0.2) is 0 Å². The molecule has 10 heteroatoms. The molecule has 176 valence electrons. The Kier molecular flexibility index (Phi) is 7.95. The van der Waals surface area contributed by atoms with Gasteiger partial charge in [0.2, 0.25) is 5.95 Å². The largest absolute Gasteiger partial charge is 0.351 e. The van der Waals surface area contributed by atoms with E-state index in [0.29, 0.717) is 33.4 Å². The van der Waals surface area contributed by atoms with Gasteiger partial charge in [-0.25, -0.2) is 9.97 Å². The minimum atomic E-state index is -0.333. The van der Waals surface area contributed by atoms with E-state index in [2.05, 4.69) is 30.4 Å². The Morgan fingerprint density at radius 1 is 0.853 bits per heavy atom. The molecule has 2 heterocycles. The van der Waals surface area contributed by atoms with Gasteiger partial charge in [0.25, 0.3) is 11.8 Å². The lowest BCUT2D eigenvalue weighted by atomic mass is 10.1. The lowest BCUT2D eigenvalue weighted by Gasteiger charge is -2.34. The Hall–Kier alpha value is -3.20. The predicted octanol–water partition coefficient (Wildman–Crippen LogP) is 3.59. The first-order valence-electron chi connectivity index (χ1n) is 10.9. The molecule has 0 atom stereocenters. The number of hydrogen-bond donors (Lipinski definition) is 2. The second-order valence-electron chi connectivity index (χ2n) is 7.82. The topological polar surface area (TPSA) is 90.5 Å². The third-order valence-electron chi connectivity index (χ3n) is 5.45. The van der Waals surface area contributed by atoms with Crippen molar-refractivity contribution in [2.24, 2.45) is 0 Å². The number of hydrogen-bond acceptors (Lipinski definition) is 6. The number of rotatable bonds is 7. The molecule has 0 unspecified atom stereocenters. The van der Waals surface area contributed by atoms with Crippen molar-refractivity contribution >= 4 is 46.7 Å². The lowest BCUT2D eigenvalue weighted by Crippen LogP contribution is -2.49. The van der Waals surface area contributed by atoms with Gasteiger partial charge < -0.3 is 15.5 Å². The normalized spacial score (nSPS) is 14.0. The highest BCUT2D eigenvalue weighted by atomic mass is 35.5. The van der Waals surface area contributed by atoms with Gasteiger partial charge >= 0.3 is 0 Å². The Morgan fingerprint density at radius 2 is 1.50 bits per heavy atom. The molecule has 1 aromatic heterocycles. The fourth-order valence-corrected chi connectivity index (χ4v) is 4.17. The van der Waals surface area contributed by atoms with Crippen molar-refractivity contribution in [2.75, 3.05) is 49.5 Å². The molecule has 34 heavy (non-hydrogen) atoms. The summed E-state index contributed by atoms with van der Waals surface area (Å²) in [5.41, 5.74) is 1.45. The summed E-state index contributed by atoms with van der Waals surface area (Å²) in [6.45, 7) is 4.81. The molecule has 0 spiro atoms. The van der Waals surface area contributed by atoms with Crippen LogP contribution in [0.3, 0.4) is 0 Å². The lowest BCUT2D eigenvalue weighted by molar-refractivity contribution is 0.0947. The van der Waals surface area contributed by atoms with Crippen LogP contribution >= 0.6 is 23.2 Å². The van der Waals surface area contributed by atoms with E-state index in [1.807, 2.05) is 6.07 Å². The van der Waals surface area contributed by atoms with E-state index in [-0.39, 0.29) is 11.8 Å². The van der Waals surface area contributed by atoms with Crippen molar-refractivity contribution in [2.45, 2.75) is 0 Å². The van der Waals surface area contributed by atoms with Crippen LogP contribution in [-0.4, -0.2) is 66.0 Å². The van der Waals surface area contributed by atoms with Crippen LogP contribution < -0.4 is 15.5 Å². The van der Waals surface area contributed by atoms with E-state index in [1.54, 1.807) is 54.9 Å². The smallest absolute Gasteiger partial charge is 0.255 e. The van der Waals surface area contributed by atoms with Gasteiger partial charge in [0, 0.05) is 78.5 Å². The zero-order chi connectivity index (χ0) is 23.9. The van der Waals surface area contributed by atoms with Gasteiger partial charge in [-0.05, 0) is 48.5 Å². The molecule has 1 fully saturated rings. The number of halogens is 2. The molecular formula is C24H24Cl2N6O2. The van der Waals surface area contributed by atoms with Crippen molar-refractivity contribution in [1.29, 1.82) is 0 Å². The summed E-state index contributed by atoms with van der Waals surface area (Å²) in [5, 5.41) is 6.50. The van der Waals surface area contributed by atoms with Crippen molar-refractivity contribution in [3.05, 3.63) is 82.1 Å². The average Bonchev–Trinajstić information content (AvgIpc) is 2.85. The van der Waals surface area contributed by atoms with E-state index in [9.17, 15) is 9.59 Å². The molecule has 0 bridgehead atoms. The molecule has 0 saturated carbocycles. The first kappa shape index (κ1) is 23.9. The standard InChI is InChI=1S/C24H24Cl2N6O2/c25-19-14-18(15-20(26)16-19)23(34)30-21-4-2-17(3-5-21)22(33)27-8-9-31-10-12-32(13-11-31)24-28-6-1-7-29-24/h1-7,14-16H,8-13H2,(H,27,33)(H,30,34). The number of benzene rings is 2. The van der Waals surface area contributed by atoms with Crippen LogP contribution in [0.1, 0.15) is 20.7 Å². The molecule has 4 rings (SSSR count). The monoisotopic (exact) mass is 498 g/mol. The molecule has 0 aliphatic carbocycles. The van der Waals surface area contributed by atoms with E-state index in [1.165, 1.54) is 0 Å². The summed E-state index contributed by atoms with van der Waals surface area (Å²) < 4.78 is 0. The molecule has 1 saturated heterocycles. The van der Waals surface area contributed by atoms with Crippen molar-refractivity contribution < 1.29 is 9.59 Å². The highest BCUT2D eigenvalue weighted by Gasteiger charge is 2.18. The van der Waals surface area contributed by atoms with Crippen molar-refractivity contribution in [3.63, 3.8) is 0 Å². The summed E-state index contributed by atoms with van der Waals surface area (Å²) >= 11 is 11.9. The van der Waals surface area contributed by atoms with Crippen LogP contribution in [0.4, 0.5) is 11.6 Å². The average molecular weight is 499 g/mol. The molecule has 0 radical (unpaired) electrons. The van der Waals surface area contributed by atoms with E-state index in [4.69, 9.17) is 23.2 Å². The van der Waals surface area contributed by atoms with E-state index >= 15 is 0 Å². The fourth-order valence-electron chi connectivity index (χ4n) is 3.65. The second kappa shape index (κ2) is 11.3. The van der Waals surface area contributed by atoms with Crippen LogP contribution in [0.25, 0.3) is 0 Å². The maximum atomic E-state index is 12.5. The molecule has 2 amide bonds. The Bertz CT molecular complexity index is 1120. The predicted molar refractivity (Wildman–Crippen MR) is 134 cm³/mol. The highest BCUT2D eigenvalue weighted by Crippen LogP contribution is 2.20. The summed E-state index contributed by atoms with van der Waals surface area (Å²) in [7, 11) is 0. The Labute approximate surface area is 207 Å². The molecule has 3 aromatic rings. The van der Waals surface area contributed by atoms with Gasteiger partial charge in [-0.2, -0.15) is 0 Å². The first-order chi connectivity index (χ1) is 16.5. The van der Waals surface area contributed by atoms with Crippen LogP contribution in [0.5, 0.6) is 0 Å². The number of carbonyl (C=O) groups excluding carboxylic acids is 2. The number of amides is 2. The van der Waals surface area contributed by atoms with Gasteiger partial charge in [-0.1, -0.05) is 23.2 Å². The molecule has 8 nitrogen and oxygen atoms in total. The molecule has 1 aliphatic heterocycles. The summed E-state index contributed by atoms with van der Waals surface area (Å²) in [5.74, 6) is 0.266. The molecule has 2 aromatic carbocycles. The molecule has 2 N–H and O–H groups in total. The second-order valence-corrected chi connectivity index (χ2v) is 8.70. The van der Waals surface area contributed by atoms with Gasteiger partial charge in [-0.15, -0.1) is 0 Å². The summed E-state index contributed by atoms with van der Waals surface area (Å²) in [6.07, 6.45) is 3.50. The van der Waals surface area contributed by atoms with Crippen LogP contribution in [0.15, 0.2) is 60.9 Å². The van der Waals surface area contributed by atoms with Crippen LogP contribution in [0, 0.1) is 0 Å². The Morgan fingerprint density at radius 3 is 2.15 bits per heavy atom. The quantitative estimate of drug-likeness (QED) is 0.517. The minimum absolute atomic E-state index is 0.157. The highest BCUT2D eigenvalue weighted by molar-refractivity contribution is 6.35. The van der Waals surface area contributed by atoms with E-state index < -0.39 is 0 Å². The van der Waals surface area contributed by atoms with Gasteiger partial charge in [0.05, 0.1) is 0 Å². The Balaban J connectivity index is 1.21. The number of anilines is 2. The zero-order valence-corrected chi connectivity index (χ0v) is 19.9. The number of nitrogens with zero attached hydrogens (tertiary/aromatic N) is 4. The van der Waals surface area contributed by atoms with E-state index in [0.717, 1.165) is 38.7 Å². The van der Waals surface area contributed by atoms with Gasteiger partial charge in [-0.3, -0.25) is 14.5 Å². The number of nitrogens with one attached hydrogen (secondary N) is 2. The molecule has 1 aliphatic rings.